The van der Waals surface area contributed by atoms with Crippen molar-refractivity contribution in [1.29, 1.82) is 0 Å². The van der Waals surface area contributed by atoms with Crippen molar-refractivity contribution in [1.82, 2.24) is 21.0 Å². The Morgan fingerprint density at radius 2 is 2.12 bits per heavy atom. The average Bonchev–Trinajstić information content (AvgIpc) is 3.07. The van der Waals surface area contributed by atoms with Crippen molar-refractivity contribution >= 4 is 27.5 Å². The van der Waals surface area contributed by atoms with Gasteiger partial charge in [-0.25, -0.2) is 5.43 Å². The molecule has 26 heavy (non-hydrogen) atoms. The Bertz CT molecular complexity index is 735. The summed E-state index contributed by atoms with van der Waals surface area (Å²) in [4.78, 5) is 14.7. The topological polar surface area (TPSA) is 89.1 Å². The fraction of sp³-hybridized carbons (Fsp3) is 0.471. The Hall–Kier alpha value is -1.49. The maximum atomic E-state index is 12.6. The van der Waals surface area contributed by atoms with Crippen LogP contribution in [0.25, 0.3) is 0 Å². The van der Waals surface area contributed by atoms with Gasteiger partial charge in [0.1, 0.15) is 12.5 Å². The predicted molar refractivity (Wildman–Crippen MR) is 99.7 cm³/mol. The Labute approximate surface area is 160 Å². The molecule has 4 rings (SSSR count). The summed E-state index contributed by atoms with van der Waals surface area (Å²) < 4.78 is 6.27. The number of fused-ring (bicyclic) bond motifs is 1. The van der Waals surface area contributed by atoms with E-state index >= 15 is 0 Å². The molecule has 3 heterocycles. The van der Waals surface area contributed by atoms with Crippen molar-refractivity contribution in [2.75, 3.05) is 31.3 Å². The molecule has 3 unspecified atom stereocenters. The lowest BCUT2D eigenvalue weighted by Gasteiger charge is -2.40. The number of hydrazine groups is 1. The molecule has 0 saturated carbocycles. The summed E-state index contributed by atoms with van der Waals surface area (Å²) in [6, 6.07) is 5.70. The maximum absolute atomic E-state index is 12.6. The Morgan fingerprint density at radius 3 is 2.85 bits per heavy atom. The number of nitrogens with one attached hydrogen (secondary N) is 3. The molecule has 8 nitrogen and oxygen atoms in total. The molecule has 2 fully saturated rings. The number of anilines is 1. The number of rotatable bonds is 3. The zero-order valence-corrected chi connectivity index (χ0v) is 16.0. The SMILES string of the molecule is CC(O)c1cc(Br)ccc1N1C=C2C(=O)NC(N3CCOCC3)NC2N1. The summed E-state index contributed by atoms with van der Waals surface area (Å²) in [6.07, 6.45) is 0.620. The van der Waals surface area contributed by atoms with E-state index in [1.165, 1.54) is 0 Å². The minimum absolute atomic E-state index is 0.101. The summed E-state index contributed by atoms with van der Waals surface area (Å²) in [7, 11) is 0. The zero-order valence-electron chi connectivity index (χ0n) is 14.4. The summed E-state index contributed by atoms with van der Waals surface area (Å²) >= 11 is 3.44. The number of benzene rings is 1. The van der Waals surface area contributed by atoms with Crippen LogP contribution in [0, 0.1) is 0 Å². The van der Waals surface area contributed by atoms with Crippen molar-refractivity contribution in [3.8, 4) is 0 Å². The molecule has 2 saturated heterocycles. The maximum Gasteiger partial charge on any atom is 0.254 e. The lowest BCUT2D eigenvalue weighted by molar-refractivity contribution is -0.123. The lowest BCUT2D eigenvalue weighted by Crippen LogP contribution is -2.68. The van der Waals surface area contributed by atoms with Gasteiger partial charge in [0.25, 0.3) is 5.91 Å². The lowest BCUT2D eigenvalue weighted by atomic mass is 10.1. The minimum Gasteiger partial charge on any atom is -0.389 e. The van der Waals surface area contributed by atoms with E-state index in [0.29, 0.717) is 18.8 Å². The fourth-order valence-electron chi connectivity index (χ4n) is 3.43. The van der Waals surface area contributed by atoms with Gasteiger partial charge in [0.15, 0.2) is 0 Å². The number of morpholine rings is 1. The van der Waals surface area contributed by atoms with Gasteiger partial charge in [-0.2, -0.15) is 0 Å². The largest absolute Gasteiger partial charge is 0.389 e. The average molecular weight is 424 g/mol. The third kappa shape index (κ3) is 3.38. The van der Waals surface area contributed by atoms with Gasteiger partial charge in [0, 0.05) is 29.3 Å². The highest BCUT2D eigenvalue weighted by Crippen LogP contribution is 2.31. The number of hydrogen-bond donors (Lipinski definition) is 4. The standard InChI is InChI=1S/C17H22BrN5O3/c1-10(24)12-8-11(18)2-3-14(12)23-9-13-15(21-23)19-17(20-16(13)25)22-4-6-26-7-5-22/h2-3,8-10,15,17,19,21,24H,4-7H2,1H3,(H,20,25). The number of aliphatic hydroxyl groups excluding tert-OH is 1. The Kier molecular flexibility index (Phi) is 5.00. The number of ether oxygens (including phenoxy) is 1. The van der Waals surface area contributed by atoms with Crippen LogP contribution in [0.3, 0.4) is 0 Å². The Balaban J connectivity index is 1.55. The first-order chi connectivity index (χ1) is 12.5. The summed E-state index contributed by atoms with van der Waals surface area (Å²) in [5.74, 6) is -0.101. The molecular weight excluding hydrogens is 402 g/mol. The van der Waals surface area contributed by atoms with E-state index in [9.17, 15) is 9.90 Å². The second kappa shape index (κ2) is 7.26. The van der Waals surface area contributed by atoms with Gasteiger partial charge >= 0.3 is 0 Å². The van der Waals surface area contributed by atoms with Crippen LogP contribution in [0.15, 0.2) is 34.4 Å². The van der Waals surface area contributed by atoms with Crippen molar-refractivity contribution in [2.24, 2.45) is 0 Å². The van der Waals surface area contributed by atoms with E-state index in [2.05, 4.69) is 36.9 Å². The van der Waals surface area contributed by atoms with E-state index < -0.39 is 6.10 Å². The quantitative estimate of drug-likeness (QED) is 0.558. The highest BCUT2D eigenvalue weighted by molar-refractivity contribution is 9.10. The van der Waals surface area contributed by atoms with Crippen LogP contribution in [0.5, 0.6) is 0 Å². The van der Waals surface area contributed by atoms with Gasteiger partial charge in [-0.05, 0) is 25.1 Å². The molecule has 1 aromatic rings. The summed E-state index contributed by atoms with van der Waals surface area (Å²) in [5, 5.41) is 18.3. The van der Waals surface area contributed by atoms with Gasteiger partial charge in [0.05, 0.1) is 30.6 Å². The van der Waals surface area contributed by atoms with Crippen LogP contribution >= 0.6 is 15.9 Å². The molecule has 3 aliphatic heterocycles. The van der Waals surface area contributed by atoms with E-state index in [-0.39, 0.29) is 18.4 Å². The number of hydrogen-bond acceptors (Lipinski definition) is 7. The highest BCUT2D eigenvalue weighted by Gasteiger charge is 2.39. The molecule has 4 N–H and O–H groups in total. The molecule has 0 aromatic heterocycles. The molecule has 0 bridgehead atoms. The second-order valence-electron chi connectivity index (χ2n) is 6.59. The number of carbonyl (C=O) groups excluding carboxylic acids is 1. The van der Waals surface area contributed by atoms with Crippen molar-refractivity contribution in [3.63, 3.8) is 0 Å². The van der Waals surface area contributed by atoms with Crippen LogP contribution in [-0.4, -0.2) is 54.7 Å². The van der Waals surface area contributed by atoms with Crippen LogP contribution < -0.4 is 21.1 Å². The zero-order chi connectivity index (χ0) is 18.3. The molecule has 3 atom stereocenters. The van der Waals surface area contributed by atoms with Crippen molar-refractivity contribution < 1.29 is 14.6 Å². The molecule has 0 spiro atoms. The first-order valence-electron chi connectivity index (χ1n) is 8.66. The third-order valence-corrected chi connectivity index (χ3v) is 5.31. The van der Waals surface area contributed by atoms with Crippen LogP contribution in [0.4, 0.5) is 5.69 Å². The number of aliphatic hydroxyl groups is 1. The second-order valence-corrected chi connectivity index (χ2v) is 7.50. The molecule has 140 valence electrons. The predicted octanol–water partition coefficient (Wildman–Crippen LogP) is 0.372. The smallest absolute Gasteiger partial charge is 0.254 e. The summed E-state index contributed by atoms with van der Waals surface area (Å²) in [6.45, 7) is 4.59. The number of carbonyl (C=O) groups is 1. The first kappa shape index (κ1) is 17.9. The molecule has 1 amide bonds. The van der Waals surface area contributed by atoms with Crippen molar-refractivity contribution in [3.05, 3.63) is 40.0 Å². The van der Waals surface area contributed by atoms with Gasteiger partial charge < -0.3 is 15.2 Å². The van der Waals surface area contributed by atoms with E-state index in [1.54, 1.807) is 18.1 Å². The van der Waals surface area contributed by atoms with Crippen molar-refractivity contribution in [2.45, 2.75) is 25.5 Å². The van der Waals surface area contributed by atoms with E-state index in [0.717, 1.165) is 28.8 Å². The number of amides is 1. The number of halogens is 1. The van der Waals surface area contributed by atoms with Crippen LogP contribution in [0.2, 0.25) is 0 Å². The molecule has 0 aliphatic carbocycles. The van der Waals surface area contributed by atoms with E-state index in [1.807, 2.05) is 18.2 Å². The monoisotopic (exact) mass is 423 g/mol. The third-order valence-electron chi connectivity index (χ3n) is 4.81. The van der Waals surface area contributed by atoms with Gasteiger partial charge in [-0.1, -0.05) is 15.9 Å². The normalized spacial score (nSPS) is 27.7. The van der Waals surface area contributed by atoms with Gasteiger partial charge in [-0.3, -0.25) is 20.0 Å². The minimum atomic E-state index is -0.631. The van der Waals surface area contributed by atoms with Gasteiger partial charge in [-0.15, -0.1) is 0 Å². The fourth-order valence-corrected chi connectivity index (χ4v) is 3.81. The van der Waals surface area contributed by atoms with Crippen LogP contribution in [-0.2, 0) is 9.53 Å². The number of nitrogens with zero attached hydrogens (tertiary/aromatic N) is 2. The molecule has 1 aromatic carbocycles. The highest BCUT2D eigenvalue weighted by atomic mass is 79.9. The van der Waals surface area contributed by atoms with Gasteiger partial charge in [0.2, 0.25) is 0 Å². The molecule has 9 heteroatoms. The first-order valence-corrected chi connectivity index (χ1v) is 9.45. The van der Waals surface area contributed by atoms with Crippen LogP contribution in [0.1, 0.15) is 18.6 Å². The molecule has 3 aliphatic rings. The summed E-state index contributed by atoms with van der Waals surface area (Å²) in [5.41, 5.74) is 5.51. The Morgan fingerprint density at radius 1 is 1.35 bits per heavy atom. The molecular formula is C17H22BrN5O3. The molecule has 0 radical (unpaired) electrons. The van der Waals surface area contributed by atoms with E-state index in [4.69, 9.17) is 4.74 Å².